The zero-order chi connectivity index (χ0) is 18.5. The minimum Gasteiger partial charge on any atom is -0.493 e. The van der Waals surface area contributed by atoms with Crippen LogP contribution in [-0.2, 0) is 6.54 Å². The van der Waals surface area contributed by atoms with Crippen LogP contribution in [0.25, 0.3) is 11.5 Å². The summed E-state index contributed by atoms with van der Waals surface area (Å²) in [5.74, 6) is 1.52. The molecule has 1 heterocycles. The molecule has 0 saturated carbocycles. The van der Waals surface area contributed by atoms with E-state index in [9.17, 15) is 4.79 Å². The van der Waals surface area contributed by atoms with Gasteiger partial charge in [-0.3, -0.25) is 4.79 Å². The molecule has 0 saturated heterocycles. The number of aromatic nitrogens is 2. The van der Waals surface area contributed by atoms with Crippen molar-refractivity contribution < 1.29 is 18.7 Å². The Morgan fingerprint density at radius 1 is 1.08 bits per heavy atom. The van der Waals surface area contributed by atoms with E-state index in [1.54, 1.807) is 25.3 Å². The molecular formula is C19H19N3O4. The van der Waals surface area contributed by atoms with Crippen LogP contribution < -0.4 is 14.8 Å². The second-order valence-electron chi connectivity index (χ2n) is 5.62. The van der Waals surface area contributed by atoms with Gasteiger partial charge in [0.2, 0.25) is 11.8 Å². The zero-order valence-electron chi connectivity index (χ0n) is 14.8. The smallest absolute Gasteiger partial charge is 0.251 e. The Hall–Kier alpha value is -3.35. The van der Waals surface area contributed by atoms with Crippen molar-refractivity contribution in [2.24, 2.45) is 0 Å². The fraction of sp³-hybridized carbons (Fsp3) is 0.211. The van der Waals surface area contributed by atoms with Gasteiger partial charge < -0.3 is 19.2 Å². The molecule has 2 aromatic carbocycles. The van der Waals surface area contributed by atoms with Gasteiger partial charge in [0.1, 0.15) is 0 Å². The van der Waals surface area contributed by atoms with Gasteiger partial charge >= 0.3 is 0 Å². The van der Waals surface area contributed by atoms with E-state index in [0.29, 0.717) is 28.8 Å². The van der Waals surface area contributed by atoms with E-state index in [-0.39, 0.29) is 12.5 Å². The largest absolute Gasteiger partial charge is 0.493 e. The highest BCUT2D eigenvalue weighted by molar-refractivity contribution is 5.94. The molecule has 0 spiro atoms. The Balaban J connectivity index is 1.67. The molecule has 1 N–H and O–H groups in total. The van der Waals surface area contributed by atoms with Crippen LogP contribution in [0.1, 0.15) is 21.8 Å². The lowest BCUT2D eigenvalue weighted by Crippen LogP contribution is -2.23. The molecule has 7 nitrogen and oxygen atoms in total. The lowest BCUT2D eigenvalue weighted by atomic mass is 10.1. The summed E-state index contributed by atoms with van der Waals surface area (Å²) in [6.45, 7) is 2.12. The van der Waals surface area contributed by atoms with Gasteiger partial charge in [0.15, 0.2) is 11.5 Å². The maximum absolute atomic E-state index is 12.3. The van der Waals surface area contributed by atoms with E-state index >= 15 is 0 Å². The average molecular weight is 353 g/mol. The van der Waals surface area contributed by atoms with Crippen LogP contribution >= 0.6 is 0 Å². The highest BCUT2D eigenvalue weighted by Gasteiger charge is 2.13. The first-order valence-corrected chi connectivity index (χ1v) is 8.00. The fourth-order valence-corrected chi connectivity index (χ4v) is 2.46. The molecule has 0 bridgehead atoms. The molecule has 0 unspecified atom stereocenters. The minimum absolute atomic E-state index is 0.131. The van der Waals surface area contributed by atoms with Crippen LogP contribution in [0, 0.1) is 6.92 Å². The molecule has 1 amide bonds. The lowest BCUT2D eigenvalue weighted by molar-refractivity contribution is 0.0947. The Morgan fingerprint density at radius 3 is 2.62 bits per heavy atom. The predicted octanol–water partition coefficient (Wildman–Crippen LogP) is 2.99. The van der Waals surface area contributed by atoms with Crippen molar-refractivity contribution >= 4 is 5.91 Å². The van der Waals surface area contributed by atoms with Crippen molar-refractivity contribution in [3.63, 3.8) is 0 Å². The molecule has 0 atom stereocenters. The number of hydrogen-bond donors (Lipinski definition) is 1. The first kappa shape index (κ1) is 17.5. The summed E-state index contributed by atoms with van der Waals surface area (Å²) >= 11 is 0. The van der Waals surface area contributed by atoms with Crippen molar-refractivity contribution in [1.82, 2.24) is 15.5 Å². The summed E-state index contributed by atoms with van der Waals surface area (Å²) in [4.78, 5) is 12.3. The number of aryl methyl sites for hydroxylation is 1. The van der Waals surface area contributed by atoms with Gasteiger partial charge in [-0.25, -0.2) is 0 Å². The van der Waals surface area contributed by atoms with Crippen molar-refractivity contribution in [1.29, 1.82) is 0 Å². The van der Waals surface area contributed by atoms with Crippen LogP contribution in [0.5, 0.6) is 11.5 Å². The van der Waals surface area contributed by atoms with Crippen LogP contribution in [0.2, 0.25) is 0 Å². The zero-order valence-corrected chi connectivity index (χ0v) is 14.8. The molecule has 0 radical (unpaired) electrons. The van der Waals surface area contributed by atoms with E-state index in [1.807, 2.05) is 31.2 Å². The first-order chi connectivity index (χ1) is 12.6. The molecule has 134 valence electrons. The number of benzene rings is 2. The highest BCUT2D eigenvalue weighted by Crippen LogP contribution is 2.27. The van der Waals surface area contributed by atoms with Gasteiger partial charge in [0, 0.05) is 11.1 Å². The number of hydrogen-bond acceptors (Lipinski definition) is 6. The number of methoxy groups -OCH3 is 2. The quantitative estimate of drug-likeness (QED) is 0.733. The fourth-order valence-electron chi connectivity index (χ4n) is 2.46. The standard InChI is InChI=1S/C19H19N3O4/c1-12-5-4-6-14(9-12)19-22-21-17(26-19)11-20-18(23)13-7-8-15(24-2)16(10-13)25-3/h4-10H,11H2,1-3H3,(H,20,23). The van der Waals surface area contributed by atoms with Gasteiger partial charge in [-0.05, 0) is 37.3 Å². The molecule has 26 heavy (non-hydrogen) atoms. The number of carbonyl (C=O) groups excluding carboxylic acids is 1. The van der Waals surface area contributed by atoms with Crippen LogP contribution in [0.4, 0.5) is 0 Å². The minimum atomic E-state index is -0.277. The number of ether oxygens (including phenoxy) is 2. The Morgan fingerprint density at radius 2 is 1.88 bits per heavy atom. The first-order valence-electron chi connectivity index (χ1n) is 8.00. The predicted molar refractivity (Wildman–Crippen MR) is 95.2 cm³/mol. The number of amides is 1. The Kier molecular flexibility index (Phi) is 5.17. The molecule has 3 rings (SSSR count). The van der Waals surface area contributed by atoms with E-state index in [4.69, 9.17) is 13.9 Å². The molecule has 0 fully saturated rings. The molecular weight excluding hydrogens is 334 g/mol. The maximum Gasteiger partial charge on any atom is 0.251 e. The summed E-state index contributed by atoms with van der Waals surface area (Å²) in [5, 5.41) is 10.7. The monoisotopic (exact) mass is 353 g/mol. The van der Waals surface area contributed by atoms with Crippen LogP contribution in [0.3, 0.4) is 0 Å². The summed E-state index contributed by atoms with van der Waals surface area (Å²) in [6.07, 6.45) is 0. The van der Waals surface area contributed by atoms with Gasteiger partial charge in [-0.2, -0.15) is 0 Å². The number of nitrogens with one attached hydrogen (secondary N) is 1. The van der Waals surface area contributed by atoms with Crippen molar-refractivity contribution in [3.05, 3.63) is 59.5 Å². The lowest BCUT2D eigenvalue weighted by Gasteiger charge is -2.09. The van der Waals surface area contributed by atoms with Crippen LogP contribution in [-0.4, -0.2) is 30.3 Å². The molecule has 7 heteroatoms. The third-order valence-corrected chi connectivity index (χ3v) is 3.78. The third kappa shape index (κ3) is 3.83. The normalized spacial score (nSPS) is 10.4. The molecule has 1 aromatic heterocycles. The highest BCUT2D eigenvalue weighted by atomic mass is 16.5. The van der Waals surface area contributed by atoms with Gasteiger partial charge in [0.05, 0.1) is 20.8 Å². The van der Waals surface area contributed by atoms with Crippen molar-refractivity contribution in [3.8, 4) is 23.0 Å². The number of nitrogens with zero attached hydrogens (tertiary/aromatic N) is 2. The molecule has 0 aliphatic rings. The van der Waals surface area contributed by atoms with Gasteiger partial charge in [-0.15, -0.1) is 10.2 Å². The summed E-state index contributed by atoms with van der Waals surface area (Å²) in [6, 6.07) is 12.7. The summed E-state index contributed by atoms with van der Waals surface area (Å²) in [5.41, 5.74) is 2.39. The summed E-state index contributed by atoms with van der Waals surface area (Å²) in [7, 11) is 3.06. The molecule has 3 aromatic rings. The second-order valence-corrected chi connectivity index (χ2v) is 5.62. The third-order valence-electron chi connectivity index (χ3n) is 3.78. The van der Waals surface area contributed by atoms with Crippen molar-refractivity contribution in [2.45, 2.75) is 13.5 Å². The van der Waals surface area contributed by atoms with Crippen LogP contribution in [0.15, 0.2) is 46.9 Å². The average Bonchev–Trinajstić information content (AvgIpc) is 3.14. The number of carbonyl (C=O) groups is 1. The maximum atomic E-state index is 12.3. The topological polar surface area (TPSA) is 86.5 Å². The van der Waals surface area contributed by atoms with E-state index in [0.717, 1.165) is 11.1 Å². The van der Waals surface area contributed by atoms with Gasteiger partial charge in [-0.1, -0.05) is 17.7 Å². The van der Waals surface area contributed by atoms with Crippen molar-refractivity contribution in [2.75, 3.05) is 14.2 Å². The number of rotatable bonds is 6. The Bertz CT molecular complexity index is 921. The van der Waals surface area contributed by atoms with E-state index in [2.05, 4.69) is 15.5 Å². The SMILES string of the molecule is COc1ccc(C(=O)NCc2nnc(-c3cccc(C)c3)o2)cc1OC. The Labute approximate surface area is 151 Å². The van der Waals surface area contributed by atoms with E-state index in [1.165, 1.54) is 7.11 Å². The van der Waals surface area contributed by atoms with Gasteiger partial charge in [0.25, 0.3) is 5.91 Å². The second kappa shape index (κ2) is 7.69. The molecule has 0 aliphatic heterocycles. The summed E-state index contributed by atoms with van der Waals surface area (Å²) < 4.78 is 16.0. The molecule has 0 aliphatic carbocycles. The van der Waals surface area contributed by atoms with E-state index < -0.39 is 0 Å².